The van der Waals surface area contributed by atoms with Gasteiger partial charge in [0.1, 0.15) is 11.8 Å². The zero-order valence-electron chi connectivity index (χ0n) is 20.1. The number of carbonyl (C=O) groups excluding carboxylic acids is 1. The third-order valence-electron chi connectivity index (χ3n) is 6.03. The molecule has 0 spiro atoms. The van der Waals surface area contributed by atoms with Gasteiger partial charge in [0.25, 0.3) is 0 Å². The van der Waals surface area contributed by atoms with Crippen LogP contribution in [0.25, 0.3) is 0 Å². The highest BCUT2D eigenvalue weighted by molar-refractivity contribution is 7.92. The van der Waals surface area contributed by atoms with Gasteiger partial charge in [-0.25, -0.2) is 8.42 Å². The number of anilines is 1. The molecule has 1 aliphatic heterocycles. The monoisotopic (exact) mass is 507 g/mol. The van der Waals surface area contributed by atoms with E-state index in [1.165, 1.54) is 38.0 Å². The van der Waals surface area contributed by atoms with Crippen molar-refractivity contribution < 1.29 is 17.9 Å². The molecule has 3 rings (SSSR count). The minimum Gasteiger partial charge on any atom is -0.495 e. The van der Waals surface area contributed by atoms with Gasteiger partial charge in [0, 0.05) is 13.1 Å². The van der Waals surface area contributed by atoms with Crippen LogP contribution < -0.4 is 14.4 Å². The molecule has 1 N–H and O–H groups in total. The molecule has 186 valence electrons. The highest BCUT2D eigenvalue weighted by Crippen LogP contribution is 2.31. The summed E-state index contributed by atoms with van der Waals surface area (Å²) in [6.45, 7) is 5.25. The van der Waals surface area contributed by atoms with E-state index >= 15 is 0 Å². The average molecular weight is 508 g/mol. The van der Waals surface area contributed by atoms with Crippen LogP contribution in [0.1, 0.15) is 43.7 Å². The molecular formula is C25H34ClN3O4S. The van der Waals surface area contributed by atoms with Crippen molar-refractivity contribution in [1.82, 2.24) is 10.2 Å². The lowest BCUT2D eigenvalue weighted by Crippen LogP contribution is -2.49. The lowest BCUT2D eigenvalue weighted by molar-refractivity contribution is -0.122. The highest BCUT2D eigenvalue weighted by atomic mass is 35.5. The van der Waals surface area contributed by atoms with Gasteiger partial charge < -0.3 is 10.1 Å². The van der Waals surface area contributed by atoms with Crippen molar-refractivity contribution in [3.05, 3.63) is 58.6 Å². The largest absolute Gasteiger partial charge is 0.495 e. The van der Waals surface area contributed by atoms with Crippen LogP contribution in [0.2, 0.25) is 5.02 Å². The lowest BCUT2D eigenvalue weighted by Gasteiger charge is -2.30. The Morgan fingerprint density at radius 2 is 1.85 bits per heavy atom. The Hall–Kier alpha value is -2.29. The lowest BCUT2D eigenvalue weighted by atomic mass is 10.1. The fraction of sp³-hybridized carbons (Fsp3) is 0.480. The van der Waals surface area contributed by atoms with Gasteiger partial charge in [-0.3, -0.25) is 14.0 Å². The summed E-state index contributed by atoms with van der Waals surface area (Å²) in [6.07, 6.45) is 5.17. The molecule has 2 aromatic carbocycles. The van der Waals surface area contributed by atoms with Crippen LogP contribution in [-0.2, 0) is 27.9 Å². The number of piperidine rings is 1. The Morgan fingerprint density at radius 1 is 1.15 bits per heavy atom. The molecule has 0 aromatic heterocycles. The van der Waals surface area contributed by atoms with Gasteiger partial charge in [0.05, 0.1) is 24.1 Å². The van der Waals surface area contributed by atoms with E-state index in [1.54, 1.807) is 19.1 Å². The summed E-state index contributed by atoms with van der Waals surface area (Å²) in [5.41, 5.74) is 2.52. The number of nitrogens with one attached hydrogen (secondary N) is 1. The molecule has 0 bridgehead atoms. The van der Waals surface area contributed by atoms with Gasteiger partial charge in [-0.2, -0.15) is 0 Å². The zero-order valence-corrected chi connectivity index (χ0v) is 21.7. The normalized spacial score (nSPS) is 15.5. The molecule has 1 atom stereocenters. The second-order valence-corrected chi connectivity index (χ2v) is 10.9. The number of carbonyl (C=O) groups is 1. The Kier molecular flexibility index (Phi) is 9.22. The van der Waals surface area contributed by atoms with Crippen molar-refractivity contribution >= 4 is 33.2 Å². The number of likely N-dealkylation sites (tertiary alicyclic amines) is 1. The van der Waals surface area contributed by atoms with Crippen molar-refractivity contribution in [2.24, 2.45) is 0 Å². The van der Waals surface area contributed by atoms with Gasteiger partial charge in [-0.15, -0.1) is 0 Å². The maximum Gasteiger partial charge on any atom is 0.244 e. The van der Waals surface area contributed by atoms with E-state index in [2.05, 4.69) is 22.3 Å². The number of methoxy groups -OCH3 is 1. The van der Waals surface area contributed by atoms with Crippen molar-refractivity contribution in [2.45, 2.75) is 51.7 Å². The summed E-state index contributed by atoms with van der Waals surface area (Å²) >= 11 is 6.23. The number of nitrogens with zero attached hydrogens (tertiary/aromatic N) is 2. The van der Waals surface area contributed by atoms with Crippen LogP contribution in [0.4, 0.5) is 5.69 Å². The van der Waals surface area contributed by atoms with E-state index in [1.807, 2.05) is 12.1 Å². The first-order valence-electron chi connectivity index (χ1n) is 11.6. The van der Waals surface area contributed by atoms with Crippen molar-refractivity contribution in [3.8, 4) is 5.75 Å². The van der Waals surface area contributed by atoms with Crippen LogP contribution in [-0.4, -0.2) is 51.7 Å². The number of amides is 1. The SMILES string of the molecule is CCC(C(=O)NCc1cccc(CN2CCCCC2)c1)N(c1ccc(OC)c(Cl)c1)S(C)(=O)=O. The Morgan fingerprint density at radius 3 is 2.47 bits per heavy atom. The second kappa shape index (κ2) is 11.9. The third-order valence-corrected chi connectivity index (χ3v) is 7.51. The summed E-state index contributed by atoms with van der Waals surface area (Å²) in [6, 6.07) is 12.0. The van der Waals surface area contributed by atoms with Crippen LogP contribution in [0.5, 0.6) is 5.75 Å². The maximum atomic E-state index is 13.1. The molecule has 0 radical (unpaired) electrons. The molecular weight excluding hydrogens is 474 g/mol. The van der Waals surface area contributed by atoms with E-state index in [9.17, 15) is 13.2 Å². The van der Waals surface area contributed by atoms with Gasteiger partial charge in [-0.05, 0) is 61.7 Å². The van der Waals surface area contributed by atoms with E-state index in [0.29, 0.717) is 24.4 Å². The summed E-state index contributed by atoms with van der Waals surface area (Å²) in [5, 5.41) is 3.20. The predicted molar refractivity (Wildman–Crippen MR) is 137 cm³/mol. The summed E-state index contributed by atoms with van der Waals surface area (Å²) < 4.78 is 31.6. The van der Waals surface area contributed by atoms with Crippen molar-refractivity contribution in [2.75, 3.05) is 30.8 Å². The number of hydrogen-bond donors (Lipinski definition) is 1. The molecule has 7 nitrogen and oxygen atoms in total. The second-order valence-electron chi connectivity index (χ2n) is 8.68. The number of halogens is 1. The molecule has 1 amide bonds. The van der Waals surface area contributed by atoms with Crippen LogP contribution >= 0.6 is 11.6 Å². The standard InChI is InChI=1S/C25H34ClN3O4S/c1-4-23(29(34(3,31)32)21-11-12-24(33-2)22(26)16-21)25(30)27-17-19-9-8-10-20(15-19)18-28-13-6-5-7-14-28/h8-12,15-16,23H,4-7,13-14,17-18H2,1-3H3,(H,27,30). The number of sulfonamides is 1. The topological polar surface area (TPSA) is 79.0 Å². The number of benzene rings is 2. The van der Waals surface area contributed by atoms with Crippen molar-refractivity contribution in [3.63, 3.8) is 0 Å². The fourth-order valence-electron chi connectivity index (χ4n) is 4.37. The van der Waals surface area contributed by atoms with Crippen LogP contribution in [0.3, 0.4) is 0 Å². The Labute approximate surface area is 208 Å². The van der Waals surface area contributed by atoms with E-state index < -0.39 is 16.1 Å². The van der Waals surface area contributed by atoms with E-state index in [4.69, 9.17) is 16.3 Å². The summed E-state index contributed by atoms with van der Waals surface area (Å²) in [4.78, 5) is 15.6. The first kappa shape index (κ1) is 26.3. The first-order valence-corrected chi connectivity index (χ1v) is 13.9. The van der Waals surface area contributed by atoms with E-state index in [-0.39, 0.29) is 10.9 Å². The third kappa shape index (κ3) is 6.87. The molecule has 1 unspecified atom stereocenters. The number of rotatable bonds is 10. The quantitative estimate of drug-likeness (QED) is 0.521. The van der Waals surface area contributed by atoms with Gasteiger partial charge >= 0.3 is 0 Å². The van der Waals surface area contributed by atoms with E-state index in [0.717, 1.165) is 35.8 Å². The first-order chi connectivity index (χ1) is 16.2. The molecule has 0 saturated carbocycles. The smallest absolute Gasteiger partial charge is 0.244 e. The van der Waals surface area contributed by atoms with Crippen molar-refractivity contribution in [1.29, 1.82) is 0 Å². The molecule has 1 aliphatic rings. The van der Waals surface area contributed by atoms with Crippen LogP contribution in [0.15, 0.2) is 42.5 Å². The van der Waals surface area contributed by atoms with Gasteiger partial charge in [0.15, 0.2) is 0 Å². The average Bonchev–Trinajstić information content (AvgIpc) is 2.81. The molecule has 1 heterocycles. The Balaban J connectivity index is 1.72. The highest BCUT2D eigenvalue weighted by Gasteiger charge is 2.31. The molecule has 1 fully saturated rings. The number of ether oxygens (including phenoxy) is 1. The minimum absolute atomic E-state index is 0.273. The predicted octanol–water partition coefficient (Wildman–Crippen LogP) is 4.20. The van der Waals surface area contributed by atoms with Gasteiger partial charge in [-0.1, -0.05) is 49.2 Å². The van der Waals surface area contributed by atoms with Crippen LogP contribution in [0, 0.1) is 0 Å². The number of hydrogen-bond acceptors (Lipinski definition) is 5. The molecule has 2 aromatic rings. The maximum absolute atomic E-state index is 13.1. The molecule has 9 heteroatoms. The Bertz CT molecular complexity index is 1090. The molecule has 1 saturated heterocycles. The minimum atomic E-state index is -3.75. The summed E-state index contributed by atoms with van der Waals surface area (Å²) in [7, 11) is -2.26. The van der Waals surface area contributed by atoms with Gasteiger partial charge in [0.2, 0.25) is 15.9 Å². The zero-order chi connectivity index (χ0) is 24.7. The fourth-order valence-corrected chi connectivity index (χ4v) is 5.83. The molecule has 0 aliphatic carbocycles. The molecule has 34 heavy (non-hydrogen) atoms. The summed E-state index contributed by atoms with van der Waals surface area (Å²) in [5.74, 6) is 0.0714.